The summed E-state index contributed by atoms with van der Waals surface area (Å²) in [5.41, 5.74) is 4.84. The Hall–Kier alpha value is -1.07. The van der Waals surface area contributed by atoms with Crippen molar-refractivity contribution in [2.24, 2.45) is 5.73 Å². The molecule has 0 saturated heterocycles. The van der Waals surface area contributed by atoms with E-state index in [4.69, 9.17) is 17.3 Å². The van der Waals surface area contributed by atoms with Gasteiger partial charge in [0.1, 0.15) is 0 Å². The van der Waals surface area contributed by atoms with E-state index in [0.717, 1.165) is 4.88 Å². The second-order valence-corrected chi connectivity index (χ2v) is 4.53. The third-order valence-electron chi connectivity index (χ3n) is 1.58. The van der Waals surface area contributed by atoms with Gasteiger partial charge in [0.25, 0.3) is 0 Å². The lowest BCUT2D eigenvalue weighted by atomic mass is 10.4. The fourth-order valence-electron chi connectivity index (χ4n) is 0.930. The molecule has 0 unspecified atom stereocenters. The van der Waals surface area contributed by atoms with Gasteiger partial charge in [0, 0.05) is 11.9 Å². The first-order valence-corrected chi connectivity index (χ1v) is 4.99. The van der Waals surface area contributed by atoms with Crippen molar-refractivity contribution >= 4 is 34.8 Å². The van der Waals surface area contributed by atoms with Crippen molar-refractivity contribution in [2.45, 2.75) is 6.54 Å². The van der Waals surface area contributed by atoms with Crippen LogP contribution in [0.15, 0.2) is 12.1 Å². The Morgan fingerprint density at radius 2 is 2.21 bits per heavy atom. The largest absolute Gasteiger partial charge is 0.361 e. The number of amides is 2. The Morgan fingerprint density at radius 3 is 2.64 bits per heavy atom. The molecule has 0 aliphatic heterocycles. The van der Waals surface area contributed by atoms with Crippen molar-refractivity contribution in [3.8, 4) is 0 Å². The molecule has 14 heavy (non-hydrogen) atoms. The Labute approximate surface area is 90.3 Å². The number of halogens is 1. The lowest BCUT2D eigenvalue weighted by Crippen LogP contribution is -2.36. The van der Waals surface area contributed by atoms with Crippen molar-refractivity contribution in [2.75, 3.05) is 7.05 Å². The first-order valence-electron chi connectivity index (χ1n) is 3.80. The van der Waals surface area contributed by atoms with Gasteiger partial charge in [0.05, 0.1) is 10.9 Å². The molecule has 0 spiro atoms. The van der Waals surface area contributed by atoms with Gasteiger partial charge in [0.2, 0.25) is 0 Å². The van der Waals surface area contributed by atoms with Gasteiger partial charge in [-0.15, -0.1) is 11.3 Å². The summed E-state index contributed by atoms with van der Waals surface area (Å²) >= 11 is 7.07. The van der Waals surface area contributed by atoms with Crippen LogP contribution in [0, 0.1) is 0 Å². The minimum Gasteiger partial charge on any atom is -0.361 e. The molecule has 0 fully saturated rings. The number of carbonyl (C=O) groups is 2. The molecule has 2 amide bonds. The average molecular weight is 233 g/mol. The van der Waals surface area contributed by atoms with Gasteiger partial charge >= 0.3 is 11.8 Å². The quantitative estimate of drug-likeness (QED) is 0.769. The van der Waals surface area contributed by atoms with Gasteiger partial charge < -0.3 is 10.6 Å². The smallest absolute Gasteiger partial charge is 0.311 e. The fourth-order valence-corrected chi connectivity index (χ4v) is 2.07. The maximum Gasteiger partial charge on any atom is 0.311 e. The van der Waals surface area contributed by atoms with E-state index in [0.29, 0.717) is 10.9 Å². The first kappa shape index (κ1) is 11.0. The van der Waals surface area contributed by atoms with Crippen LogP contribution in [0.5, 0.6) is 0 Å². The summed E-state index contributed by atoms with van der Waals surface area (Å²) in [5, 5.41) is 0. The van der Waals surface area contributed by atoms with Crippen LogP contribution in [0.2, 0.25) is 4.34 Å². The standard InChI is InChI=1S/C8H9ClN2O2S/c1-11(8(13)7(10)12)4-5-2-3-6(9)14-5/h2-3H,4H2,1H3,(H2,10,12). The normalized spacial score (nSPS) is 9.86. The molecule has 0 saturated carbocycles. The minimum absolute atomic E-state index is 0.346. The number of primary amides is 1. The van der Waals surface area contributed by atoms with Gasteiger partial charge in [-0.05, 0) is 12.1 Å². The van der Waals surface area contributed by atoms with Crippen LogP contribution in [0.4, 0.5) is 0 Å². The van der Waals surface area contributed by atoms with E-state index in [-0.39, 0.29) is 0 Å². The average Bonchev–Trinajstić information content (AvgIpc) is 2.49. The van der Waals surface area contributed by atoms with Gasteiger partial charge in [0.15, 0.2) is 0 Å². The Kier molecular flexibility index (Phi) is 3.49. The zero-order chi connectivity index (χ0) is 10.7. The zero-order valence-corrected chi connectivity index (χ0v) is 9.06. The first-order chi connectivity index (χ1) is 6.50. The topological polar surface area (TPSA) is 63.4 Å². The predicted molar refractivity (Wildman–Crippen MR) is 55.0 cm³/mol. The number of nitrogens with two attached hydrogens (primary N) is 1. The molecule has 1 heterocycles. The van der Waals surface area contributed by atoms with Crippen LogP contribution in [-0.4, -0.2) is 23.8 Å². The molecule has 0 aliphatic rings. The van der Waals surface area contributed by atoms with E-state index in [1.54, 1.807) is 12.1 Å². The highest BCUT2D eigenvalue weighted by Gasteiger charge is 2.15. The molecule has 0 bridgehead atoms. The van der Waals surface area contributed by atoms with Crippen LogP contribution in [-0.2, 0) is 16.1 Å². The summed E-state index contributed by atoms with van der Waals surface area (Å²) in [4.78, 5) is 23.8. The van der Waals surface area contributed by atoms with Gasteiger partial charge in [-0.25, -0.2) is 0 Å². The van der Waals surface area contributed by atoms with Crippen molar-refractivity contribution in [3.63, 3.8) is 0 Å². The molecular weight excluding hydrogens is 224 g/mol. The van der Waals surface area contributed by atoms with Gasteiger partial charge in [-0.2, -0.15) is 0 Å². The summed E-state index contributed by atoms with van der Waals surface area (Å²) in [6.07, 6.45) is 0. The Morgan fingerprint density at radius 1 is 1.57 bits per heavy atom. The van der Waals surface area contributed by atoms with Crippen molar-refractivity contribution in [1.29, 1.82) is 0 Å². The SMILES string of the molecule is CN(Cc1ccc(Cl)s1)C(=O)C(N)=O. The lowest BCUT2D eigenvalue weighted by Gasteiger charge is -2.13. The number of rotatable bonds is 2. The van der Waals surface area contributed by atoms with E-state index in [2.05, 4.69) is 0 Å². The molecule has 76 valence electrons. The molecule has 0 atom stereocenters. The monoisotopic (exact) mass is 232 g/mol. The molecule has 0 aromatic carbocycles. The van der Waals surface area contributed by atoms with Crippen LogP contribution in [0.25, 0.3) is 0 Å². The highest BCUT2D eigenvalue weighted by molar-refractivity contribution is 7.16. The van der Waals surface area contributed by atoms with Gasteiger partial charge in [-0.1, -0.05) is 11.6 Å². The van der Waals surface area contributed by atoms with Crippen LogP contribution in [0.1, 0.15) is 4.88 Å². The van der Waals surface area contributed by atoms with E-state index in [1.807, 2.05) is 0 Å². The molecule has 2 N–H and O–H groups in total. The summed E-state index contributed by atoms with van der Waals surface area (Å²) in [5.74, 6) is -1.65. The maximum atomic E-state index is 11.1. The summed E-state index contributed by atoms with van der Waals surface area (Å²) in [7, 11) is 1.51. The van der Waals surface area contributed by atoms with Crippen molar-refractivity contribution < 1.29 is 9.59 Å². The fraction of sp³-hybridized carbons (Fsp3) is 0.250. The van der Waals surface area contributed by atoms with E-state index >= 15 is 0 Å². The molecule has 0 radical (unpaired) electrons. The molecular formula is C8H9ClN2O2S. The van der Waals surface area contributed by atoms with E-state index < -0.39 is 11.8 Å². The van der Waals surface area contributed by atoms with Crippen LogP contribution >= 0.6 is 22.9 Å². The molecule has 6 heteroatoms. The minimum atomic E-state index is -0.949. The van der Waals surface area contributed by atoms with E-state index in [1.165, 1.54) is 23.3 Å². The van der Waals surface area contributed by atoms with Crippen LogP contribution in [0.3, 0.4) is 0 Å². The summed E-state index contributed by atoms with van der Waals surface area (Å²) in [6.45, 7) is 0.346. The molecule has 4 nitrogen and oxygen atoms in total. The number of thiophene rings is 1. The third kappa shape index (κ3) is 2.71. The number of carbonyl (C=O) groups excluding carboxylic acids is 2. The Balaban J connectivity index is 2.61. The molecule has 1 rings (SSSR count). The highest BCUT2D eigenvalue weighted by Crippen LogP contribution is 2.22. The third-order valence-corrected chi connectivity index (χ3v) is 2.80. The summed E-state index contributed by atoms with van der Waals surface area (Å²) in [6, 6.07) is 3.54. The zero-order valence-electron chi connectivity index (χ0n) is 7.49. The predicted octanol–water partition coefficient (Wildman–Crippen LogP) is 0.845. The van der Waals surface area contributed by atoms with Crippen molar-refractivity contribution in [3.05, 3.63) is 21.3 Å². The highest BCUT2D eigenvalue weighted by atomic mass is 35.5. The second-order valence-electron chi connectivity index (χ2n) is 2.73. The molecule has 1 aromatic rings. The number of likely N-dealkylation sites (N-methyl/N-ethyl adjacent to an activating group) is 1. The Bertz CT molecular complexity index is 364. The van der Waals surface area contributed by atoms with Crippen LogP contribution < -0.4 is 5.73 Å². The number of nitrogens with zero attached hydrogens (tertiary/aromatic N) is 1. The van der Waals surface area contributed by atoms with E-state index in [9.17, 15) is 9.59 Å². The summed E-state index contributed by atoms with van der Waals surface area (Å²) < 4.78 is 0.653. The van der Waals surface area contributed by atoms with Crippen molar-refractivity contribution in [1.82, 2.24) is 4.90 Å². The maximum absolute atomic E-state index is 11.1. The number of hydrogen-bond acceptors (Lipinski definition) is 3. The molecule has 1 aromatic heterocycles. The second kappa shape index (κ2) is 4.43. The lowest BCUT2D eigenvalue weighted by molar-refractivity contribution is -0.143. The molecule has 0 aliphatic carbocycles. The van der Waals surface area contributed by atoms with Gasteiger partial charge in [-0.3, -0.25) is 9.59 Å². The number of hydrogen-bond donors (Lipinski definition) is 1.